The minimum absolute atomic E-state index is 0.0172. The van der Waals surface area contributed by atoms with Gasteiger partial charge in [0.25, 0.3) is 0 Å². The number of hydrogen-bond donors (Lipinski definition) is 1. The van der Waals surface area contributed by atoms with Crippen LogP contribution in [-0.2, 0) is 14.6 Å². The molecule has 1 fully saturated rings. The molecule has 8 nitrogen and oxygen atoms in total. The van der Waals surface area contributed by atoms with E-state index in [-0.39, 0.29) is 23.2 Å². The van der Waals surface area contributed by atoms with E-state index in [2.05, 4.69) is 20.8 Å². The molecule has 0 aliphatic carbocycles. The molecule has 1 saturated heterocycles. The summed E-state index contributed by atoms with van der Waals surface area (Å²) in [6.07, 6.45) is 0.437. The van der Waals surface area contributed by atoms with Crippen molar-refractivity contribution in [3.63, 3.8) is 0 Å². The van der Waals surface area contributed by atoms with Gasteiger partial charge < -0.3 is 5.32 Å². The molecule has 0 radical (unpaired) electrons. The van der Waals surface area contributed by atoms with Crippen LogP contribution >= 0.6 is 11.8 Å². The van der Waals surface area contributed by atoms with Crippen molar-refractivity contribution in [3.05, 3.63) is 29.3 Å². The fourth-order valence-corrected chi connectivity index (χ4v) is 5.85. The van der Waals surface area contributed by atoms with Gasteiger partial charge in [-0.25, -0.2) is 8.42 Å². The maximum atomic E-state index is 12.3. The summed E-state index contributed by atoms with van der Waals surface area (Å²) < 4.78 is 24.9. The Hall–Kier alpha value is -1.94. The number of amides is 1. The highest BCUT2D eigenvalue weighted by Crippen LogP contribution is 2.24. The molecule has 2 aromatic rings. The highest BCUT2D eigenvalue weighted by Gasteiger charge is 2.39. The van der Waals surface area contributed by atoms with Crippen molar-refractivity contribution >= 4 is 27.5 Å². The molecule has 26 heavy (non-hydrogen) atoms. The Morgan fingerprint density at radius 2 is 2.15 bits per heavy atom. The molecule has 0 saturated carbocycles. The van der Waals surface area contributed by atoms with Crippen LogP contribution in [0, 0.1) is 13.8 Å². The summed E-state index contributed by atoms with van der Waals surface area (Å²) in [6, 6.07) is 5.96. The monoisotopic (exact) mass is 395 g/mol. The third kappa shape index (κ3) is 4.24. The first-order chi connectivity index (χ1) is 12.2. The lowest BCUT2D eigenvalue weighted by Crippen LogP contribution is -2.47. The van der Waals surface area contributed by atoms with Gasteiger partial charge in [-0.2, -0.15) is 4.68 Å². The number of aromatic nitrogens is 4. The molecule has 1 aromatic carbocycles. The minimum Gasteiger partial charge on any atom is -0.349 e. The largest absolute Gasteiger partial charge is 0.349 e. The Morgan fingerprint density at radius 1 is 1.38 bits per heavy atom. The van der Waals surface area contributed by atoms with Crippen LogP contribution in [0.3, 0.4) is 0 Å². The van der Waals surface area contributed by atoms with Crippen LogP contribution in [0.1, 0.15) is 24.5 Å². The van der Waals surface area contributed by atoms with Gasteiger partial charge in [0.15, 0.2) is 9.84 Å². The first-order valence-electron chi connectivity index (χ1n) is 8.18. The maximum Gasteiger partial charge on any atom is 0.230 e. The summed E-state index contributed by atoms with van der Waals surface area (Å²) in [6.45, 7) is 5.76. The topological polar surface area (TPSA) is 107 Å². The van der Waals surface area contributed by atoms with Gasteiger partial charge in [0.1, 0.15) is 0 Å². The summed E-state index contributed by atoms with van der Waals surface area (Å²) in [4.78, 5) is 12.3. The van der Waals surface area contributed by atoms with Gasteiger partial charge in [-0.15, -0.1) is 5.10 Å². The Labute approximate surface area is 156 Å². The number of thioether (sulfide) groups is 1. The molecule has 140 valence electrons. The lowest BCUT2D eigenvalue weighted by Gasteiger charge is -2.23. The van der Waals surface area contributed by atoms with Gasteiger partial charge in [-0.1, -0.05) is 29.5 Å². The zero-order chi connectivity index (χ0) is 18.9. The van der Waals surface area contributed by atoms with Crippen molar-refractivity contribution in [2.24, 2.45) is 0 Å². The molecule has 2 heterocycles. The van der Waals surface area contributed by atoms with E-state index in [0.29, 0.717) is 11.6 Å². The van der Waals surface area contributed by atoms with Gasteiger partial charge in [-0.3, -0.25) is 4.79 Å². The number of sulfone groups is 1. The average Bonchev–Trinajstić information content (AvgIpc) is 3.09. The molecule has 10 heteroatoms. The number of aryl methyl sites for hydroxylation is 2. The van der Waals surface area contributed by atoms with Crippen molar-refractivity contribution in [1.29, 1.82) is 0 Å². The zero-order valence-corrected chi connectivity index (χ0v) is 16.5. The summed E-state index contributed by atoms with van der Waals surface area (Å²) >= 11 is 1.22. The van der Waals surface area contributed by atoms with Crippen LogP contribution in [0.4, 0.5) is 0 Å². The van der Waals surface area contributed by atoms with Gasteiger partial charge in [0, 0.05) is 0 Å². The molecule has 0 spiro atoms. The summed E-state index contributed by atoms with van der Waals surface area (Å²) in [7, 11) is -3.07. The van der Waals surface area contributed by atoms with E-state index >= 15 is 0 Å². The van der Waals surface area contributed by atoms with Crippen molar-refractivity contribution < 1.29 is 13.2 Å². The van der Waals surface area contributed by atoms with E-state index in [1.165, 1.54) is 11.8 Å². The predicted octanol–water partition coefficient (Wildman–Crippen LogP) is 1.06. The van der Waals surface area contributed by atoms with E-state index in [4.69, 9.17) is 0 Å². The second kappa shape index (κ2) is 6.99. The van der Waals surface area contributed by atoms with E-state index < -0.39 is 15.4 Å². The number of benzene rings is 1. The first-order valence-corrected chi connectivity index (χ1v) is 11.0. The molecular formula is C16H21N5O3S2. The maximum absolute atomic E-state index is 12.3. The number of tetrazole rings is 1. The Bertz CT molecular complexity index is 941. The second-order valence-electron chi connectivity index (χ2n) is 6.90. The Kier molecular flexibility index (Phi) is 5.07. The van der Waals surface area contributed by atoms with Crippen LogP contribution in [0.2, 0.25) is 0 Å². The van der Waals surface area contributed by atoms with Crippen molar-refractivity contribution in [3.8, 4) is 5.69 Å². The quantitative estimate of drug-likeness (QED) is 0.755. The number of carbonyl (C=O) groups is 1. The molecular weight excluding hydrogens is 374 g/mol. The number of rotatable bonds is 5. The smallest absolute Gasteiger partial charge is 0.230 e. The van der Waals surface area contributed by atoms with Crippen molar-refractivity contribution in [2.75, 3.05) is 17.3 Å². The molecule has 0 bridgehead atoms. The fraction of sp³-hybridized carbons (Fsp3) is 0.500. The molecule has 3 rings (SSSR count). The Morgan fingerprint density at radius 3 is 2.81 bits per heavy atom. The predicted molar refractivity (Wildman–Crippen MR) is 99.2 cm³/mol. The number of nitrogens with zero attached hydrogens (tertiary/aromatic N) is 4. The summed E-state index contributed by atoms with van der Waals surface area (Å²) in [5.74, 6) is -0.0239. The molecule has 1 atom stereocenters. The SMILES string of the molecule is Cc1ccc(-n2nnnc2SCC(=O)NC2(C)CCS(=O)(=O)C2)c(C)c1. The third-order valence-electron chi connectivity index (χ3n) is 4.30. The summed E-state index contributed by atoms with van der Waals surface area (Å²) in [5.41, 5.74) is 2.34. The van der Waals surface area contributed by atoms with Gasteiger partial charge >= 0.3 is 0 Å². The third-order valence-corrected chi connectivity index (χ3v) is 7.12. The first kappa shape index (κ1) is 18.8. The molecule has 1 N–H and O–H groups in total. The molecule has 1 amide bonds. The number of nitrogens with one attached hydrogen (secondary N) is 1. The van der Waals surface area contributed by atoms with Crippen molar-refractivity contribution in [1.82, 2.24) is 25.5 Å². The minimum atomic E-state index is -3.07. The van der Waals surface area contributed by atoms with Crippen LogP contribution in [-0.4, -0.2) is 57.3 Å². The molecule has 1 aromatic heterocycles. The summed E-state index contributed by atoms with van der Waals surface area (Å²) in [5, 5.41) is 15.1. The normalized spacial score (nSPS) is 21.7. The highest BCUT2D eigenvalue weighted by atomic mass is 32.2. The van der Waals surface area contributed by atoms with Crippen LogP contribution in [0.15, 0.2) is 23.4 Å². The fourth-order valence-electron chi connectivity index (χ4n) is 3.07. The lowest BCUT2D eigenvalue weighted by atomic mass is 10.0. The second-order valence-corrected chi connectivity index (χ2v) is 10.0. The van der Waals surface area contributed by atoms with Crippen LogP contribution < -0.4 is 5.32 Å². The van der Waals surface area contributed by atoms with Crippen LogP contribution in [0.25, 0.3) is 5.69 Å². The number of carbonyl (C=O) groups excluding carboxylic acids is 1. The van der Waals surface area contributed by atoms with Crippen LogP contribution in [0.5, 0.6) is 0 Å². The number of hydrogen-bond acceptors (Lipinski definition) is 7. The highest BCUT2D eigenvalue weighted by molar-refractivity contribution is 7.99. The zero-order valence-electron chi connectivity index (χ0n) is 14.9. The lowest BCUT2D eigenvalue weighted by molar-refractivity contribution is -0.120. The van der Waals surface area contributed by atoms with E-state index in [1.807, 2.05) is 32.0 Å². The average molecular weight is 396 g/mol. The Balaban J connectivity index is 1.66. The standard InChI is InChI=1S/C16H21N5O3S2/c1-11-4-5-13(12(2)8-11)21-15(18-19-20-21)25-9-14(22)17-16(3)6-7-26(23,24)10-16/h4-5,8H,6-7,9-10H2,1-3H3,(H,17,22). The molecule has 1 unspecified atom stereocenters. The van der Waals surface area contributed by atoms with Crippen molar-refractivity contribution in [2.45, 2.75) is 37.9 Å². The van der Waals surface area contributed by atoms with E-state index in [0.717, 1.165) is 16.8 Å². The van der Waals surface area contributed by atoms with E-state index in [1.54, 1.807) is 11.6 Å². The van der Waals surface area contributed by atoms with E-state index in [9.17, 15) is 13.2 Å². The van der Waals surface area contributed by atoms with Gasteiger partial charge in [0.05, 0.1) is 28.5 Å². The van der Waals surface area contributed by atoms with Gasteiger partial charge in [0.2, 0.25) is 11.1 Å². The molecule has 1 aliphatic rings. The molecule has 1 aliphatic heterocycles. The van der Waals surface area contributed by atoms with Gasteiger partial charge in [-0.05, 0) is 49.2 Å².